The summed E-state index contributed by atoms with van der Waals surface area (Å²) < 4.78 is 37.8. The number of hydrogen-bond donors (Lipinski definition) is 0. The molecule has 2 aromatic rings. The molecule has 0 aliphatic carbocycles. The fraction of sp³-hybridized carbons (Fsp3) is 0.263. The van der Waals surface area contributed by atoms with Gasteiger partial charge in [0.15, 0.2) is 15.0 Å². The van der Waals surface area contributed by atoms with E-state index in [2.05, 4.69) is 4.99 Å². The van der Waals surface area contributed by atoms with Crippen LogP contribution in [0.15, 0.2) is 47.5 Å². The van der Waals surface area contributed by atoms with E-state index in [0.717, 1.165) is 0 Å². The molecule has 4 rings (SSSR count). The Labute approximate surface area is 181 Å². The molecule has 0 unspecified atom stereocenters. The van der Waals surface area contributed by atoms with Gasteiger partial charge in [-0.1, -0.05) is 53.2 Å². The number of hydrogen-bond acceptors (Lipinski definition) is 4. The molecule has 1 amide bonds. The maximum atomic E-state index is 13.6. The van der Waals surface area contributed by atoms with Crippen molar-refractivity contribution in [3.63, 3.8) is 0 Å². The van der Waals surface area contributed by atoms with Crippen molar-refractivity contribution in [2.45, 2.75) is 17.7 Å². The first-order valence-corrected chi connectivity index (χ1v) is 12.2. The number of amides is 1. The number of halogens is 3. The van der Waals surface area contributed by atoms with Gasteiger partial charge in [-0.05, 0) is 29.8 Å². The fourth-order valence-electron chi connectivity index (χ4n) is 3.45. The van der Waals surface area contributed by atoms with Gasteiger partial charge in [0, 0.05) is 16.0 Å². The molecule has 2 heterocycles. The van der Waals surface area contributed by atoms with Crippen molar-refractivity contribution in [3.8, 4) is 0 Å². The highest BCUT2D eigenvalue weighted by Gasteiger charge is 2.49. The molecule has 2 aliphatic rings. The van der Waals surface area contributed by atoms with Gasteiger partial charge in [-0.2, -0.15) is 4.99 Å². The summed E-state index contributed by atoms with van der Waals surface area (Å²) >= 11 is 13.3. The molecule has 5 nitrogen and oxygen atoms in total. The summed E-state index contributed by atoms with van der Waals surface area (Å²) in [6.07, 6.45) is 0.0232. The molecule has 0 radical (unpaired) electrons. The third-order valence-corrected chi connectivity index (χ3v) is 8.64. The second-order valence-corrected chi connectivity index (χ2v) is 11.0. The number of anilines is 1. The van der Waals surface area contributed by atoms with E-state index in [9.17, 15) is 17.6 Å². The number of fused-ring (bicyclic) bond motifs is 1. The molecule has 0 aromatic heterocycles. The summed E-state index contributed by atoms with van der Waals surface area (Å²) in [7, 11) is -3.20. The zero-order chi connectivity index (χ0) is 20.8. The molecule has 0 saturated carbocycles. The number of carbonyl (C=O) groups is 1. The van der Waals surface area contributed by atoms with Gasteiger partial charge in [0.25, 0.3) is 5.91 Å². The highest BCUT2D eigenvalue weighted by Crippen LogP contribution is 2.41. The first kappa shape index (κ1) is 20.7. The standard InChI is InChI=1S/C19H15Cl2FN2O3S2/c20-13-4-2-1-3-11(13)7-18(25)23-19-24(12-5-6-15(22)14(21)8-12)16-9-29(26,27)10-17(16)28-19/h1-6,8,16-17H,7,9-10H2/t16-,17-/m1/s1. The Balaban J connectivity index is 1.67. The molecule has 152 valence electrons. The van der Waals surface area contributed by atoms with E-state index in [1.165, 1.54) is 30.0 Å². The van der Waals surface area contributed by atoms with Gasteiger partial charge < -0.3 is 4.90 Å². The lowest BCUT2D eigenvalue weighted by Gasteiger charge is -2.24. The Bertz CT molecular complexity index is 1120. The predicted molar refractivity (Wildman–Crippen MR) is 115 cm³/mol. The van der Waals surface area contributed by atoms with E-state index in [1.54, 1.807) is 29.2 Å². The largest absolute Gasteiger partial charge is 0.316 e. The van der Waals surface area contributed by atoms with Crippen molar-refractivity contribution in [2.75, 3.05) is 16.4 Å². The lowest BCUT2D eigenvalue weighted by molar-refractivity contribution is -0.117. The number of rotatable bonds is 3. The second kappa shape index (κ2) is 7.91. The minimum absolute atomic E-state index is 0.00544. The van der Waals surface area contributed by atoms with Gasteiger partial charge in [-0.15, -0.1) is 0 Å². The van der Waals surface area contributed by atoms with Crippen LogP contribution in [0.2, 0.25) is 10.0 Å². The van der Waals surface area contributed by atoms with Gasteiger partial charge in [-0.3, -0.25) is 4.79 Å². The molecular formula is C19H15Cl2FN2O3S2. The Hall–Kier alpha value is -1.61. The number of amidine groups is 1. The zero-order valence-corrected chi connectivity index (χ0v) is 18.0. The third kappa shape index (κ3) is 4.30. The average molecular weight is 473 g/mol. The highest BCUT2D eigenvalue weighted by atomic mass is 35.5. The number of thioether (sulfide) groups is 1. The first-order valence-electron chi connectivity index (χ1n) is 8.70. The molecule has 0 N–H and O–H groups in total. The molecule has 2 aliphatic heterocycles. The van der Waals surface area contributed by atoms with Gasteiger partial charge in [0.05, 0.1) is 29.0 Å². The molecule has 2 saturated heterocycles. The van der Waals surface area contributed by atoms with Crippen molar-refractivity contribution in [1.29, 1.82) is 0 Å². The molecular weight excluding hydrogens is 458 g/mol. The zero-order valence-electron chi connectivity index (χ0n) is 14.9. The van der Waals surface area contributed by atoms with Crippen LogP contribution in [0.1, 0.15) is 5.56 Å². The number of nitrogens with zero attached hydrogens (tertiary/aromatic N) is 2. The van der Waals surface area contributed by atoms with E-state index in [4.69, 9.17) is 23.2 Å². The predicted octanol–water partition coefficient (Wildman–Crippen LogP) is 3.98. The lowest BCUT2D eigenvalue weighted by Crippen LogP contribution is -2.37. The first-order chi connectivity index (χ1) is 13.7. The van der Waals surface area contributed by atoms with Crippen molar-refractivity contribution in [3.05, 3.63) is 63.9 Å². The van der Waals surface area contributed by atoms with Crippen LogP contribution in [0, 0.1) is 5.82 Å². The topological polar surface area (TPSA) is 66.8 Å². The SMILES string of the molecule is O=C(Cc1ccccc1Cl)N=C1S[C@@H]2CS(=O)(=O)C[C@H]2N1c1ccc(F)c(Cl)c1. The van der Waals surface area contributed by atoms with Gasteiger partial charge >= 0.3 is 0 Å². The fourth-order valence-corrected chi connectivity index (χ4v) is 7.76. The second-order valence-electron chi connectivity index (χ2n) is 6.83. The van der Waals surface area contributed by atoms with Crippen LogP contribution in [0.4, 0.5) is 10.1 Å². The van der Waals surface area contributed by atoms with Crippen LogP contribution in [0.5, 0.6) is 0 Å². The minimum Gasteiger partial charge on any atom is -0.316 e. The maximum absolute atomic E-state index is 13.6. The van der Waals surface area contributed by atoms with E-state index in [0.29, 0.717) is 21.4 Å². The summed E-state index contributed by atoms with van der Waals surface area (Å²) in [6.45, 7) is 0. The monoisotopic (exact) mass is 472 g/mol. The number of sulfone groups is 1. The Morgan fingerprint density at radius 3 is 2.66 bits per heavy atom. The molecule has 2 fully saturated rings. The van der Waals surface area contributed by atoms with Crippen molar-refractivity contribution in [2.24, 2.45) is 4.99 Å². The molecule has 0 spiro atoms. The van der Waals surface area contributed by atoms with Crippen molar-refractivity contribution in [1.82, 2.24) is 0 Å². The van der Waals surface area contributed by atoms with Crippen molar-refractivity contribution < 1.29 is 17.6 Å². The summed E-state index contributed by atoms with van der Waals surface area (Å²) in [5.41, 5.74) is 1.16. The smallest absolute Gasteiger partial charge is 0.252 e. The third-order valence-electron chi connectivity index (χ3n) is 4.77. The number of benzene rings is 2. The normalized spacial score (nSPS) is 24.1. The molecule has 0 bridgehead atoms. The Morgan fingerprint density at radius 2 is 1.93 bits per heavy atom. The Kier molecular flexibility index (Phi) is 5.63. The average Bonchev–Trinajstić information content (AvgIpc) is 3.10. The summed E-state index contributed by atoms with van der Waals surface area (Å²) in [5, 5.41) is 0.522. The van der Waals surface area contributed by atoms with Crippen LogP contribution in [-0.4, -0.2) is 42.3 Å². The lowest BCUT2D eigenvalue weighted by atomic mass is 10.1. The molecule has 29 heavy (non-hydrogen) atoms. The van der Waals surface area contributed by atoms with Crippen LogP contribution in [0.3, 0.4) is 0 Å². The molecule has 2 atom stereocenters. The van der Waals surface area contributed by atoms with E-state index in [1.807, 2.05) is 0 Å². The van der Waals surface area contributed by atoms with E-state index >= 15 is 0 Å². The maximum Gasteiger partial charge on any atom is 0.252 e. The van der Waals surface area contributed by atoms with Crippen LogP contribution in [-0.2, 0) is 21.1 Å². The van der Waals surface area contributed by atoms with Gasteiger partial charge in [-0.25, -0.2) is 12.8 Å². The quantitative estimate of drug-likeness (QED) is 0.675. The minimum atomic E-state index is -3.20. The Morgan fingerprint density at radius 1 is 1.17 bits per heavy atom. The molecule has 2 aromatic carbocycles. The van der Waals surface area contributed by atoms with Crippen LogP contribution >= 0.6 is 35.0 Å². The summed E-state index contributed by atoms with van der Waals surface area (Å²) in [5.74, 6) is -1.03. The van der Waals surface area contributed by atoms with Gasteiger partial charge in [0.2, 0.25) is 0 Å². The van der Waals surface area contributed by atoms with E-state index < -0.39 is 27.6 Å². The molecule has 10 heteroatoms. The van der Waals surface area contributed by atoms with E-state index in [-0.39, 0.29) is 28.2 Å². The van der Waals surface area contributed by atoms with Crippen molar-refractivity contribution >= 4 is 61.6 Å². The highest BCUT2D eigenvalue weighted by molar-refractivity contribution is 8.16. The summed E-state index contributed by atoms with van der Waals surface area (Å²) in [6, 6.07) is 10.7. The number of carbonyl (C=O) groups excluding carboxylic acids is 1. The number of aliphatic imine (C=N–C) groups is 1. The van der Waals surface area contributed by atoms with Gasteiger partial charge in [0.1, 0.15) is 5.82 Å². The van der Waals surface area contributed by atoms with Crippen LogP contribution < -0.4 is 4.90 Å². The summed E-state index contributed by atoms with van der Waals surface area (Å²) in [4.78, 5) is 18.5. The van der Waals surface area contributed by atoms with Crippen LogP contribution in [0.25, 0.3) is 0 Å².